The lowest BCUT2D eigenvalue weighted by molar-refractivity contribution is 1.05. The molecule has 0 saturated heterocycles. The molecule has 0 amide bonds. The molecular weight excluding hydrogens is 284 g/mol. The van der Waals surface area contributed by atoms with E-state index >= 15 is 0 Å². The predicted octanol–water partition coefficient (Wildman–Crippen LogP) is 4.42. The molecule has 0 spiro atoms. The fourth-order valence-electron chi connectivity index (χ4n) is 2.02. The predicted molar refractivity (Wildman–Crippen MR) is 87.1 cm³/mol. The van der Waals surface area contributed by atoms with Crippen LogP contribution in [-0.4, -0.2) is 10.2 Å². The van der Waals surface area contributed by atoms with Gasteiger partial charge in [0.15, 0.2) is 0 Å². The van der Waals surface area contributed by atoms with E-state index in [-0.39, 0.29) is 0 Å². The summed E-state index contributed by atoms with van der Waals surface area (Å²) in [5.41, 5.74) is 3.01. The molecule has 0 saturated carbocycles. The third-order valence-electron chi connectivity index (χ3n) is 3.06. The van der Waals surface area contributed by atoms with Crippen LogP contribution in [0, 0.1) is 0 Å². The Morgan fingerprint density at radius 2 is 1.90 bits per heavy atom. The Morgan fingerprint density at radius 1 is 1.05 bits per heavy atom. The molecule has 3 aromatic rings. The summed E-state index contributed by atoms with van der Waals surface area (Å²) < 4.78 is 0. The Hall–Kier alpha value is -2.46. The average molecular weight is 299 g/mol. The van der Waals surface area contributed by atoms with Crippen LogP contribution < -0.4 is 10.6 Å². The maximum atomic E-state index is 5.99. The summed E-state index contributed by atoms with van der Waals surface area (Å²) in [7, 11) is 0. The standard InChI is InChI=1S/C16H15ClN4/c17-13-7-4-8-14(9-13)20-15-11-19-21-16(15)18-10-12-5-2-1-3-6-12/h1-9,11,20H,10H2,(H2,18,19,21). The van der Waals surface area contributed by atoms with Gasteiger partial charge in [-0.05, 0) is 23.8 Å². The van der Waals surface area contributed by atoms with Crippen molar-refractivity contribution in [3.63, 3.8) is 0 Å². The number of rotatable bonds is 5. The van der Waals surface area contributed by atoms with Gasteiger partial charge in [-0.15, -0.1) is 0 Å². The maximum absolute atomic E-state index is 5.99. The number of nitrogens with one attached hydrogen (secondary N) is 3. The highest BCUT2D eigenvalue weighted by molar-refractivity contribution is 6.30. The van der Waals surface area contributed by atoms with Crippen molar-refractivity contribution in [2.45, 2.75) is 6.54 Å². The van der Waals surface area contributed by atoms with Gasteiger partial charge in [-0.2, -0.15) is 5.10 Å². The van der Waals surface area contributed by atoms with Gasteiger partial charge < -0.3 is 10.6 Å². The Kier molecular flexibility index (Phi) is 4.07. The van der Waals surface area contributed by atoms with Gasteiger partial charge in [0.2, 0.25) is 0 Å². The smallest absolute Gasteiger partial charge is 0.145 e. The van der Waals surface area contributed by atoms with E-state index < -0.39 is 0 Å². The summed E-state index contributed by atoms with van der Waals surface area (Å²) in [5, 5.41) is 14.3. The highest BCUT2D eigenvalue weighted by atomic mass is 35.5. The second-order valence-electron chi connectivity index (χ2n) is 4.63. The zero-order valence-electron chi connectivity index (χ0n) is 11.3. The van der Waals surface area contributed by atoms with E-state index in [1.54, 1.807) is 6.20 Å². The van der Waals surface area contributed by atoms with Crippen LogP contribution in [0.1, 0.15) is 5.56 Å². The molecule has 0 unspecified atom stereocenters. The lowest BCUT2D eigenvalue weighted by Crippen LogP contribution is -2.02. The molecule has 1 aromatic heterocycles. The summed E-state index contributed by atoms with van der Waals surface area (Å²) >= 11 is 5.99. The number of aromatic nitrogens is 2. The molecule has 3 rings (SSSR count). The molecule has 5 heteroatoms. The van der Waals surface area contributed by atoms with Crippen molar-refractivity contribution in [1.82, 2.24) is 10.2 Å². The summed E-state index contributed by atoms with van der Waals surface area (Å²) in [6.07, 6.45) is 1.74. The van der Waals surface area contributed by atoms with Crippen LogP contribution in [0.4, 0.5) is 17.2 Å². The molecule has 0 aliphatic carbocycles. The largest absolute Gasteiger partial charge is 0.365 e. The molecule has 1 heterocycles. The average Bonchev–Trinajstić information content (AvgIpc) is 2.93. The fraction of sp³-hybridized carbons (Fsp3) is 0.0625. The van der Waals surface area contributed by atoms with E-state index in [4.69, 9.17) is 11.6 Å². The molecule has 2 aromatic carbocycles. The summed E-state index contributed by atoms with van der Waals surface area (Å²) in [5.74, 6) is 0.846. The first-order chi connectivity index (χ1) is 10.3. The topological polar surface area (TPSA) is 52.7 Å². The van der Waals surface area contributed by atoms with Crippen molar-refractivity contribution in [3.05, 3.63) is 71.4 Å². The molecule has 0 fully saturated rings. The SMILES string of the molecule is Clc1cccc(Nc2cn[nH]c2NCc2ccccc2)c1. The van der Waals surface area contributed by atoms with E-state index in [9.17, 15) is 0 Å². The van der Waals surface area contributed by atoms with Gasteiger partial charge in [-0.1, -0.05) is 48.0 Å². The minimum Gasteiger partial charge on any atom is -0.365 e. The maximum Gasteiger partial charge on any atom is 0.145 e. The number of hydrogen-bond donors (Lipinski definition) is 3. The molecule has 106 valence electrons. The van der Waals surface area contributed by atoms with E-state index in [2.05, 4.69) is 33.0 Å². The second-order valence-corrected chi connectivity index (χ2v) is 5.07. The van der Waals surface area contributed by atoms with E-state index in [1.807, 2.05) is 42.5 Å². The van der Waals surface area contributed by atoms with Crippen LogP contribution in [0.15, 0.2) is 60.8 Å². The van der Waals surface area contributed by atoms with Crippen molar-refractivity contribution in [2.75, 3.05) is 10.6 Å². The Balaban J connectivity index is 1.69. The Bertz CT molecular complexity index is 709. The van der Waals surface area contributed by atoms with Crippen LogP contribution in [-0.2, 0) is 6.54 Å². The third kappa shape index (κ3) is 3.55. The molecule has 0 bridgehead atoms. The molecule has 0 atom stereocenters. The monoisotopic (exact) mass is 298 g/mol. The number of aromatic amines is 1. The van der Waals surface area contributed by atoms with Crippen LogP contribution >= 0.6 is 11.6 Å². The van der Waals surface area contributed by atoms with Crippen molar-refractivity contribution in [2.24, 2.45) is 0 Å². The van der Waals surface area contributed by atoms with Gasteiger partial charge in [0, 0.05) is 17.3 Å². The quantitative estimate of drug-likeness (QED) is 0.653. The highest BCUT2D eigenvalue weighted by Crippen LogP contribution is 2.25. The summed E-state index contributed by atoms with van der Waals surface area (Å²) in [6.45, 7) is 0.729. The van der Waals surface area contributed by atoms with Crippen molar-refractivity contribution >= 4 is 28.8 Å². The van der Waals surface area contributed by atoms with E-state index in [1.165, 1.54) is 5.56 Å². The molecule has 0 aliphatic rings. The lowest BCUT2D eigenvalue weighted by atomic mass is 10.2. The first-order valence-electron chi connectivity index (χ1n) is 6.65. The third-order valence-corrected chi connectivity index (χ3v) is 3.29. The van der Waals surface area contributed by atoms with Gasteiger partial charge in [-0.25, -0.2) is 0 Å². The number of H-pyrrole nitrogens is 1. The first kappa shape index (κ1) is 13.5. The zero-order chi connectivity index (χ0) is 14.5. The zero-order valence-corrected chi connectivity index (χ0v) is 12.1. The second kappa shape index (κ2) is 6.33. The van der Waals surface area contributed by atoms with Gasteiger partial charge in [0.25, 0.3) is 0 Å². The van der Waals surface area contributed by atoms with E-state index in [0.717, 1.165) is 23.7 Å². The highest BCUT2D eigenvalue weighted by Gasteiger charge is 2.05. The lowest BCUT2D eigenvalue weighted by Gasteiger charge is -2.09. The molecule has 0 aliphatic heterocycles. The number of anilines is 3. The summed E-state index contributed by atoms with van der Waals surface area (Å²) in [4.78, 5) is 0. The van der Waals surface area contributed by atoms with Crippen molar-refractivity contribution in [3.8, 4) is 0 Å². The normalized spacial score (nSPS) is 10.3. The van der Waals surface area contributed by atoms with E-state index in [0.29, 0.717) is 5.02 Å². The van der Waals surface area contributed by atoms with Gasteiger partial charge >= 0.3 is 0 Å². The number of hydrogen-bond acceptors (Lipinski definition) is 3. The number of nitrogens with zero attached hydrogens (tertiary/aromatic N) is 1. The minimum absolute atomic E-state index is 0.697. The molecule has 21 heavy (non-hydrogen) atoms. The van der Waals surface area contributed by atoms with Crippen molar-refractivity contribution in [1.29, 1.82) is 0 Å². The van der Waals surface area contributed by atoms with Crippen LogP contribution in [0.3, 0.4) is 0 Å². The number of benzene rings is 2. The van der Waals surface area contributed by atoms with Gasteiger partial charge in [-0.3, -0.25) is 5.10 Å². The number of halogens is 1. The molecular formula is C16H15ClN4. The van der Waals surface area contributed by atoms with Crippen LogP contribution in [0.2, 0.25) is 5.02 Å². The molecule has 0 radical (unpaired) electrons. The van der Waals surface area contributed by atoms with Crippen LogP contribution in [0.25, 0.3) is 0 Å². The summed E-state index contributed by atoms with van der Waals surface area (Å²) in [6, 6.07) is 17.8. The minimum atomic E-state index is 0.697. The molecule has 4 nitrogen and oxygen atoms in total. The molecule has 3 N–H and O–H groups in total. The first-order valence-corrected chi connectivity index (χ1v) is 7.03. The Morgan fingerprint density at radius 3 is 2.71 bits per heavy atom. The van der Waals surface area contributed by atoms with Gasteiger partial charge in [0.1, 0.15) is 11.5 Å². The van der Waals surface area contributed by atoms with Crippen molar-refractivity contribution < 1.29 is 0 Å². The fourth-order valence-corrected chi connectivity index (χ4v) is 2.21. The van der Waals surface area contributed by atoms with Crippen LogP contribution in [0.5, 0.6) is 0 Å². The van der Waals surface area contributed by atoms with Gasteiger partial charge in [0.05, 0.1) is 6.20 Å². The Labute approximate surface area is 128 Å².